The number of aryl methyl sites for hydroxylation is 1. The van der Waals surface area contributed by atoms with Gasteiger partial charge in [-0.15, -0.1) is 11.3 Å². The number of ether oxygens (including phenoxy) is 1. The van der Waals surface area contributed by atoms with Gasteiger partial charge in [0.25, 0.3) is 5.91 Å². The van der Waals surface area contributed by atoms with Crippen molar-refractivity contribution in [1.29, 1.82) is 0 Å². The summed E-state index contributed by atoms with van der Waals surface area (Å²) in [6.45, 7) is 8.16. The van der Waals surface area contributed by atoms with Gasteiger partial charge in [0.05, 0.1) is 17.0 Å². The lowest BCUT2D eigenvalue weighted by molar-refractivity contribution is -0.123. The maximum Gasteiger partial charge on any atom is 0.268 e. The predicted molar refractivity (Wildman–Crippen MR) is 106 cm³/mol. The molecule has 0 radical (unpaired) electrons. The molecule has 0 saturated heterocycles. The summed E-state index contributed by atoms with van der Waals surface area (Å²) in [6.07, 6.45) is 0.816. The molecule has 26 heavy (non-hydrogen) atoms. The summed E-state index contributed by atoms with van der Waals surface area (Å²) in [7, 11) is 1.64. The lowest BCUT2D eigenvalue weighted by Crippen LogP contribution is -2.28. The summed E-state index contributed by atoms with van der Waals surface area (Å²) < 4.78 is 5.27. The molecular weight excluding hydrogens is 348 g/mol. The van der Waals surface area contributed by atoms with Crippen molar-refractivity contribution in [2.75, 3.05) is 23.9 Å². The highest BCUT2D eigenvalue weighted by atomic mass is 32.1. The third kappa shape index (κ3) is 3.46. The normalized spacial score (nSPS) is 13.5. The van der Waals surface area contributed by atoms with Crippen LogP contribution in [0.15, 0.2) is 24.3 Å². The number of nitrogens with one attached hydrogen (secondary N) is 1. The number of carbonyl (C=O) groups is 2. The van der Waals surface area contributed by atoms with Crippen LogP contribution < -0.4 is 15.0 Å². The van der Waals surface area contributed by atoms with Gasteiger partial charge in [-0.1, -0.05) is 20.8 Å². The van der Waals surface area contributed by atoms with Crippen LogP contribution in [0.4, 0.5) is 10.7 Å². The van der Waals surface area contributed by atoms with Crippen LogP contribution in [0.1, 0.15) is 41.6 Å². The molecule has 1 aromatic heterocycles. The van der Waals surface area contributed by atoms with E-state index in [9.17, 15) is 9.59 Å². The number of hydrogen-bond donors (Lipinski definition) is 1. The largest absolute Gasteiger partial charge is 0.497 e. The Morgan fingerprint density at radius 1 is 1.23 bits per heavy atom. The molecule has 0 atom stereocenters. The molecule has 0 spiro atoms. The zero-order valence-corrected chi connectivity index (χ0v) is 16.6. The molecule has 2 heterocycles. The Hall–Kier alpha value is -2.34. The fourth-order valence-corrected chi connectivity index (χ4v) is 3.91. The molecule has 0 bridgehead atoms. The first-order chi connectivity index (χ1) is 12.2. The van der Waals surface area contributed by atoms with E-state index in [1.165, 1.54) is 11.3 Å². The number of anilines is 2. The number of amides is 2. The first kappa shape index (κ1) is 18.5. The average Bonchev–Trinajstić information content (AvgIpc) is 3.16. The monoisotopic (exact) mass is 372 g/mol. The van der Waals surface area contributed by atoms with Gasteiger partial charge in [-0.25, -0.2) is 0 Å². The molecule has 3 rings (SSSR count). The van der Waals surface area contributed by atoms with Crippen LogP contribution in [0.25, 0.3) is 0 Å². The van der Waals surface area contributed by atoms with Gasteiger partial charge in [0.15, 0.2) is 0 Å². The van der Waals surface area contributed by atoms with E-state index in [1.807, 2.05) is 56.9 Å². The zero-order chi connectivity index (χ0) is 19.1. The molecule has 2 amide bonds. The van der Waals surface area contributed by atoms with Gasteiger partial charge in [0.2, 0.25) is 5.91 Å². The zero-order valence-electron chi connectivity index (χ0n) is 15.8. The Morgan fingerprint density at radius 3 is 2.62 bits per heavy atom. The Kier molecular flexibility index (Phi) is 4.80. The summed E-state index contributed by atoms with van der Waals surface area (Å²) >= 11 is 1.33. The maximum absolute atomic E-state index is 13.1. The Balaban J connectivity index is 1.83. The molecule has 0 saturated carbocycles. The highest BCUT2D eigenvalue weighted by molar-refractivity contribution is 7.18. The summed E-state index contributed by atoms with van der Waals surface area (Å²) in [6, 6.07) is 7.66. The fraction of sp³-hybridized carbons (Fsp3) is 0.400. The molecule has 138 valence electrons. The van der Waals surface area contributed by atoms with Gasteiger partial charge in [-0.3, -0.25) is 9.59 Å². The van der Waals surface area contributed by atoms with Crippen LogP contribution in [-0.2, 0) is 11.2 Å². The molecule has 0 fully saturated rings. The van der Waals surface area contributed by atoms with E-state index in [0.29, 0.717) is 16.4 Å². The highest BCUT2D eigenvalue weighted by Crippen LogP contribution is 2.35. The molecule has 1 aliphatic rings. The van der Waals surface area contributed by atoms with Crippen molar-refractivity contribution in [3.8, 4) is 5.75 Å². The van der Waals surface area contributed by atoms with Gasteiger partial charge in [-0.05, 0) is 48.7 Å². The third-order valence-electron chi connectivity index (χ3n) is 4.46. The second kappa shape index (κ2) is 6.76. The minimum Gasteiger partial charge on any atom is -0.497 e. The highest BCUT2D eigenvalue weighted by Gasteiger charge is 2.29. The van der Waals surface area contributed by atoms with Gasteiger partial charge >= 0.3 is 0 Å². The van der Waals surface area contributed by atoms with E-state index in [0.717, 1.165) is 29.0 Å². The first-order valence-electron chi connectivity index (χ1n) is 8.61. The van der Waals surface area contributed by atoms with E-state index in [1.54, 1.807) is 7.11 Å². The van der Waals surface area contributed by atoms with Crippen molar-refractivity contribution in [3.05, 3.63) is 40.3 Å². The van der Waals surface area contributed by atoms with Gasteiger partial charge in [0, 0.05) is 17.6 Å². The Morgan fingerprint density at radius 2 is 1.96 bits per heavy atom. The number of thiophene rings is 1. The van der Waals surface area contributed by atoms with E-state index in [-0.39, 0.29) is 11.8 Å². The number of rotatable bonds is 3. The number of nitrogens with zero attached hydrogens (tertiary/aromatic N) is 1. The van der Waals surface area contributed by atoms with Crippen molar-refractivity contribution in [1.82, 2.24) is 0 Å². The topological polar surface area (TPSA) is 58.6 Å². The number of fused-ring (bicyclic) bond motifs is 1. The summed E-state index contributed by atoms with van der Waals surface area (Å²) in [5.41, 5.74) is 2.46. The van der Waals surface area contributed by atoms with Crippen molar-refractivity contribution < 1.29 is 14.3 Å². The quantitative estimate of drug-likeness (QED) is 0.876. The molecule has 1 aliphatic heterocycles. The third-order valence-corrected chi connectivity index (χ3v) is 5.60. The van der Waals surface area contributed by atoms with Crippen LogP contribution in [0.2, 0.25) is 0 Å². The first-order valence-corrected chi connectivity index (χ1v) is 9.43. The lowest BCUT2D eigenvalue weighted by Gasteiger charge is -2.17. The molecule has 0 aliphatic carbocycles. The molecule has 2 aromatic rings. The summed E-state index contributed by atoms with van der Waals surface area (Å²) in [4.78, 5) is 27.7. The Bertz CT molecular complexity index is 864. The van der Waals surface area contributed by atoms with Crippen molar-refractivity contribution in [3.63, 3.8) is 0 Å². The smallest absolute Gasteiger partial charge is 0.268 e. The van der Waals surface area contributed by atoms with Crippen molar-refractivity contribution >= 4 is 33.8 Å². The Labute approximate surface area is 158 Å². The SMILES string of the molecule is COc1ccc2c(c1)CCN2C(=O)c1sc(NC(=O)C(C)(C)C)cc1C. The van der Waals surface area contributed by atoms with Crippen LogP contribution in [0.3, 0.4) is 0 Å². The fourth-order valence-electron chi connectivity index (χ4n) is 2.89. The van der Waals surface area contributed by atoms with E-state index in [2.05, 4.69) is 5.32 Å². The number of carbonyl (C=O) groups excluding carboxylic acids is 2. The minimum atomic E-state index is -0.477. The van der Waals surface area contributed by atoms with E-state index in [4.69, 9.17) is 4.74 Å². The molecule has 1 aromatic carbocycles. The number of benzene rings is 1. The predicted octanol–water partition coefficient (Wildman–Crippen LogP) is 4.25. The maximum atomic E-state index is 13.1. The van der Waals surface area contributed by atoms with Gasteiger partial charge in [0.1, 0.15) is 5.75 Å². The van der Waals surface area contributed by atoms with Crippen molar-refractivity contribution in [2.24, 2.45) is 5.41 Å². The summed E-state index contributed by atoms with van der Waals surface area (Å²) in [5.74, 6) is 0.724. The molecule has 0 unspecified atom stereocenters. The van der Waals surface area contributed by atoms with Crippen molar-refractivity contribution in [2.45, 2.75) is 34.1 Å². The van der Waals surface area contributed by atoms with Crippen LogP contribution in [-0.4, -0.2) is 25.5 Å². The van der Waals surface area contributed by atoms with Crippen LogP contribution in [0, 0.1) is 12.3 Å². The van der Waals surface area contributed by atoms with E-state index >= 15 is 0 Å². The lowest BCUT2D eigenvalue weighted by atomic mass is 9.96. The van der Waals surface area contributed by atoms with Gasteiger partial charge in [-0.2, -0.15) is 0 Å². The average molecular weight is 372 g/mol. The van der Waals surface area contributed by atoms with Crippen LogP contribution >= 0.6 is 11.3 Å². The molecule has 6 heteroatoms. The minimum absolute atomic E-state index is 0.0207. The summed E-state index contributed by atoms with van der Waals surface area (Å²) in [5, 5.41) is 3.62. The second-order valence-electron chi connectivity index (χ2n) is 7.53. The standard InChI is InChI=1S/C20H24N2O3S/c1-12-10-16(21-19(24)20(2,3)4)26-17(12)18(23)22-9-8-13-11-14(25-5)6-7-15(13)22/h6-7,10-11H,8-9H2,1-5H3,(H,21,24). The van der Waals surface area contributed by atoms with E-state index < -0.39 is 5.41 Å². The van der Waals surface area contributed by atoms with Gasteiger partial charge < -0.3 is 15.0 Å². The molecule has 1 N–H and O–H groups in total. The van der Waals surface area contributed by atoms with Crippen LogP contribution in [0.5, 0.6) is 5.75 Å². The second-order valence-corrected chi connectivity index (χ2v) is 8.58. The number of methoxy groups -OCH3 is 1. The number of hydrogen-bond acceptors (Lipinski definition) is 4. The molecular formula is C20H24N2O3S. The molecule has 5 nitrogen and oxygen atoms in total.